The van der Waals surface area contributed by atoms with Crippen LogP contribution in [-0.4, -0.2) is 6.71 Å². The van der Waals surface area contributed by atoms with Crippen LogP contribution in [0.5, 0.6) is 11.5 Å². The Bertz CT molecular complexity index is 2190. The molecular formula is C44H38BBrClNO. The van der Waals surface area contributed by atoms with Crippen LogP contribution in [0.3, 0.4) is 0 Å². The van der Waals surface area contributed by atoms with Crippen molar-refractivity contribution in [3.8, 4) is 33.8 Å². The second-order valence-electron chi connectivity index (χ2n) is 15.3. The summed E-state index contributed by atoms with van der Waals surface area (Å²) >= 11 is 10.7. The van der Waals surface area contributed by atoms with Gasteiger partial charge in [0.1, 0.15) is 11.5 Å². The first kappa shape index (κ1) is 32.0. The summed E-state index contributed by atoms with van der Waals surface area (Å²) in [6.07, 6.45) is 0. The zero-order valence-electron chi connectivity index (χ0n) is 28.7. The lowest BCUT2D eigenvalue weighted by molar-refractivity contribution is 0.483. The molecule has 0 unspecified atom stereocenters. The number of halogens is 2. The quantitative estimate of drug-likeness (QED) is 0.168. The molecule has 0 amide bonds. The van der Waals surface area contributed by atoms with Gasteiger partial charge in [-0.15, -0.1) is 0 Å². The molecule has 0 aromatic heterocycles. The molecule has 0 aliphatic carbocycles. The fourth-order valence-electron chi connectivity index (χ4n) is 7.35. The molecule has 2 nitrogen and oxygen atoms in total. The molecule has 6 aromatic carbocycles. The minimum Gasteiger partial charge on any atom is -0.458 e. The van der Waals surface area contributed by atoms with Crippen LogP contribution in [0.2, 0.25) is 5.02 Å². The van der Waals surface area contributed by atoms with Gasteiger partial charge in [0, 0.05) is 32.0 Å². The molecule has 8 rings (SSSR count). The van der Waals surface area contributed by atoms with Gasteiger partial charge in [0.25, 0.3) is 6.71 Å². The summed E-state index contributed by atoms with van der Waals surface area (Å²) in [5.41, 5.74) is 13.8. The van der Waals surface area contributed by atoms with Gasteiger partial charge >= 0.3 is 0 Å². The maximum atomic E-state index is 6.96. The summed E-state index contributed by atoms with van der Waals surface area (Å²) in [7, 11) is 0. The second-order valence-corrected chi connectivity index (χ2v) is 16.7. The molecule has 0 bridgehead atoms. The first-order chi connectivity index (χ1) is 23.4. The van der Waals surface area contributed by atoms with Crippen molar-refractivity contribution in [1.82, 2.24) is 0 Å². The van der Waals surface area contributed by atoms with Crippen LogP contribution in [0.1, 0.15) is 52.7 Å². The summed E-state index contributed by atoms with van der Waals surface area (Å²) in [4.78, 5) is 2.48. The van der Waals surface area contributed by atoms with E-state index in [1.807, 2.05) is 6.07 Å². The molecule has 49 heavy (non-hydrogen) atoms. The van der Waals surface area contributed by atoms with Gasteiger partial charge in [-0.2, -0.15) is 0 Å². The number of hydrogen-bond acceptors (Lipinski definition) is 2. The molecule has 0 spiro atoms. The number of anilines is 3. The van der Waals surface area contributed by atoms with Crippen molar-refractivity contribution in [3.05, 3.63) is 142 Å². The smallest absolute Gasteiger partial charge is 0.256 e. The average molecular weight is 723 g/mol. The van der Waals surface area contributed by atoms with E-state index in [0.29, 0.717) is 5.02 Å². The SMILES string of the molecule is CC(C)(C)c1cc(-c2ccccc2)c(N2c3cc(Cl)ccc3B3c4cc(Br)ccc4Oc4cc(C(C)(C)C)cc2c43)c(-c2ccccc2)c1. The van der Waals surface area contributed by atoms with Crippen LogP contribution in [0.25, 0.3) is 22.3 Å². The normalized spacial score (nSPS) is 13.4. The van der Waals surface area contributed by atoms with Crippen LogP contribution < -0.4 is 26.0 Å². The summed E-state index contributed by atoms with van der Waals surface area (Å²) in [5, 5.41) is 0.703. The fraction of sp³-hybridized carbons (Fsp3) is 0.182. The fourth-order valence-corrected chi connectivity index (χ4v) is 7.89. The summed E-state index contributed by atoms with van der Waals surface area (Å²) in [6, 6.07) is 43.8. The zero-order chi connectivity index (χ0) is 34.2. The standard InChI is InChI=1S/C44H38BBrClNO/c1-43(2,3)29-21-33(27-13-9-7-10-14-27)42(34(22-29)28-15-11-8-12-16-28)48-37-26-32(47)18-19-35(37)45-36-25-31(46)17-20-39(36)49-40-24-30(44(4,5)6)23-38(48)41(40)45/h7-26H,1-6H3. The molecule has 0 N–H and O–H groups in total. The lowest BCUT2D eigenvalue weighted by atomic mass is 9.34. The van der Waals surface area contributed by atoms with Gasteiger partial charge in [-0.1, -0.05) is 136 Å². The van der Waals surface area contributed by atoms with Gasteiger partial charge in [-0.3, -0.25) is 0 Å². The van der Waals surface area contributed by atoms with E-state index in [0.717, 1.165) is 49.6 Å². The highest BCUT2D eigenvalue weighted by atomic mass is 79.9. The first-order valence-electron chi connectivity index (χ1n) is 16.9. The van der Waals surface area contributed by atoms with Crippen molar-refractivity contribution in [2.24, 2.45) is 0 Å². The number of nitrogens with zero attached hydrogens (tertiary/aromatic N) is 1. The van der Waals surface area contributed by atoms with E-state index >= 15 is 0 Å². The maximum Gasteiger partial charge on any atom is 0.256 e. The Balaban J connectivity index is 1.55. The van der Waals surface area contributed by atoms with E-state index < -0.39 is 0 Å². The minimum atomic E-state index is -0.120. The lowest BCUT2D eigenvalue weighted by Crippen LogP contribution is -2.59. The van der Waals surface area contributed by atoms with Gasteiger partial charge in [0.15, 0.2) is 0 Å². The number of fused-ring (bicyclic) bond motifs is 4. The van der Waals surface area contributed by atoms with Crippen molar-refractivity contribution >= 4 is 67.7 Å². The molecule has 0 radical (unpaired) electrons. The topological polar surface area (TPSA) is 12.5 Å². The third-order valence-electron chi connectivity index (χ3n) is 9.93. The Morgan fingerprint density at radius 2 is 1.18 bits per heavy atom. The molecule has 0 fully saturated rings. The molecule has 0 saturated carbocycles. The van der Waals surface area contributed by atoms with Gasteiger partial charge < -0.3 is 9.64 Å². The predicted molar refractivity (Wildman–Crippen MR) is 213 cm³/mol. The van der Waals surface area contributed by atoms with Crippen molar-refractivity contribution in [2.45, 2.75) is 52.4 Å². The third kappa shape index (κ3) is 5.50. The highest BCUT2D eigenvalue weighted by molar-refractivity contribution is 9.10. The highest BCUT2D eigenvalue weighted by Gasteiger charge is 2.44. The van der Waals surface area contributed by atoms with E-state index in [-0.39, 0.29) is 17.5 Å². The number of hydrogen-bond donors (Lipinski definition) is 0. The zero-order valence-corrected chi connectivity index (χ0v) is 31.1. The van der Waals surface area contributed by atoms with Crippen LogP contribution >= 0.6 is 27.5 Å². The summed E-state index contributed by atoms with van der Waals surface area (Å²) in [6.45, 7) is 13.7. The Hall–Kier alpha value is -4.25. The molecule has 2 aliphatic heterocycles. The first-order valence-corrected chi connectivity index (χ1v) is 18.1. The largest absolute Gasteiger partial charge is 0.458 e. The van der Waals surface area contributed by atoms with E-state index in [4.69, 9.17) is 16.3 Å². The number of benzene rings is 6. The molecule has 242 valence electrons. The monoisotopic (exact) mass is 721 g/mol. The van der Waals surface area contributed by atoms with Crippen LogP contribution in [0.15, 0.2) is 126 Å². The predicted octanol–water partition coefficient (Wildman–Crippen LogP) is 11.4. The van der Waals surface area contributed by atoms with E-state index in [2.05, 4.69) is 178 Å². The maximum absolute atomic E-state index is 6.96. The average Bonchev–Trinajstić information content (AvgIpc) is 3.07. The molecule has 6 aromatic rings. The van der Waals surface area contributed by atoms with Gasteiger partial charge in [0.2, 0.25) is 0 Å². The molecule has 2 heterocycles. The Morgan fingerprint density at radius 1 is 0.592 bits per heavy atom. The third-order valence-corrected chi connectivity index (χ3v) is 10.7. The van der Waals surface area contributed by atoms with E-state index in [1.165, 1.54) is 33.2 Å². The Kier molecular flexibility index (Phi) is 7.62. The summed E-state index contributed by atoms with van der Waals surface area (Å²) < 4.78 is 7.89. The van der Waals surface area contributed by atoms with Gasteiger partial charge in [-0.25, -0.2) is 0 Å². The molecule has 0 atom stereocenters. The highest BCUT2D eigenvalue weighted by Crippen LogP contribution is 2.51. The minimum absolute atomic E-state index is 0.0296. The molecular weight excluding hydrogens is 685 g/mol. The van der Waals surface area contributed by atoms with E-state index in [9.17, 15) is 0 Å². The summed E-state index contributed by atoms with van der Waals surface area (Å²) in [5.74, 6) is 1.79. The molecule has 5 heteroatoms. The van der Waals surface area contributed by atoms with Crippen molar-refractivity contribution < 1.29 is 4.74 Å². The number of ether oxygens (including phenoxy) is 1. The van der Waals surface area contributed by atoms with Crippen molar-refractivity contribution in [2.75, 3.05) is 4.90 Å². The van der Waals surface area contributed by atoms with Crippen LogP contribution in [-0.2, 0) is 10.8 Å². The second kappa shape index (κ2) is 11.7. The molecule has 2 aliphatic rings. The van der Waals surface area contributed by atoms with E-state index in [1.54, 1.807) is 0 Å². The van der Waals surface area contributed by atoms with Crippen molar-refractivity contribution in [3.63, 3.8) is 0 Å². The molecule has 0 saturated heterocycles. The lowest BCUT2D eigenvalue weighted by Gasteiger charge is -2.42. The Morgan fingerprint density at radius 3 is 1.78 bits per heavy atom. The van der Waals surface area contributed by atoms with Crippen LogP contribution in [0, 0.1) is 0 Å². The van der Waals surface area contributed by atoms with Gasteiger partial charge in [-0.05, 0) is 104 Å². The number of rotatable bonds is 3. The van der Waals surface area contributed by atoms with Crippen molar-refractivity contribution in [1.29, 1.82) is 0 Å². The Labute approximate surface area is 303 Å². The van der Waals surface area contributed by atoms with Gasteiger partial charge in [0.05, 0.1) is 5.69 Å². The van der Waals surface area contributed by atoms with Crippen LogP contribution in [0.4, 0.5) is 17.1 Å².